The Labute approximate surface area is 96.3 Å². The van der Waals surface area contributed by atoms with E-state index in [9.17, 15) is 0 Å². The van der Waals surface area contributed by atoms with Crippen LogP contribution in [-0.4, -0.2) is 15.0 Å². The summed E-state index contributed by atoms with van der Waals surface area (Å²) in [6.45, 7) is 1.98. The van der Waals surface area contributed by atoms with Crippen molar-refractivity contribution in [3.8, 4) is 11.6 Å². The minimum absolute atomic E-state index is 0.347. The quantitative estimate of drug-likeness (QED) is 0.702. The first-order valence-corrected chi connectivity index (χ1v) is 5.18. The molecule has 3 aromatic heterocycles. The molecular formula is C11H8ClN3O. The highest BCUT2D eigenvalue weighted by atomic mass is 35.5. The Balaban J connectivity index is 2.18. The molecule has 3 heterocycles. The van der Waals surface area contributed by atoms with Gasteiger partial charge in [-0.25, -0.2) is 9.97 Å². The summed E-state index contributed by atoms with van der Waals surface area (Å²) in [5.41, 5.74) is 2.65. The van der Waals surface area contributed by atoms with Gasteiger partial charge in [0.1, 0.15) is 0 Å². The number of furan rings is 1. The molecule has 0 aliphatic heterocycles. The largest absolute Gasteiger partial charge is 0.441 e. The van der Waals surface area contributed by atoms with Gasteiger partial charge < -0.3 is 9.40 Å². The zero-order chi connectivity index (χ0) is 11.1. The maximum absolute atomic E-state index is 5.71. The summed E-state index contributed by atoms with van der Waals surface area (Å²) < 4.78 is 5.27. The van der Waals surface area contributed by atoms with Gasteiger partial charge in [-0.1, -0.05) is 0 Å². The fourth-order valence-electron chi connectivity index (χ4n) is 1.56. The first-order chi connectivity index (χ1) is 7.72. The summed E-state index contributed by atoms with van der Waals surface area (Å²) in [4.78, 5) is 11.7. The zero-order valence-corrected chi connectivity index (χ0v) is 9.25. The highest BCUT2D eigenvalue weighted by Crippen LogP contribution is 2.24. The van der Waals surface area contributed by atoms with Gasteiger partial charge in [0.25, 0.3) is 0 Å². The molecule has 0 amide bonds. The second-order valence-corrected chi connectivity index (χ2v) is 3.95. The molecule has 0 radical (unpaired) electrons. The smallest absolute Gasteiger partial charge is 0.194 e. The van der Waals surface area contributed by atoms with Crippen molar-refractivity contribution in [3.63, 3.8) is 0 Å². The van der Waals surface area contributed by atoms with Gasteiger partial charge in [0.15, 0.2) is 22.5 Å². The van der Waals surface area contributed by atoms with E-state index in [2.05, 4.69) is 15.0 Å². The lowest BCUT2D eigenvalue weighted by Gasteiger charge is -1.88. The summed E-state index contributed by atoms with van der Waals surface area (Å²) >= 11 is 5.71. The van der Waals surface area contributed by atoms with Crippen molar-refractivity contribution in [1.29, 1.82) is 0 Å². The van der Waals surface area contributed by atoms with E-state index >= 15 is 0 Å². The molecule has 5 heteroatoms. The SMILES string of the molecule is Cc1cnc2nc(-c3ccc(Cl)o3)[nH]c2c1. The van der Waals surface area contributed by atoms with Gasteiger partial charge in [-0.05, 0) is 42.3 Å². The van der Waals surface area contributed by atoms with Gasteiger partial charge in [0.2, 0.25) is 0 Å². The number of nitrogens with one attached hydrogen (secondary N) is 1. The number of fused-ring (bicyclic) bond motifs is 1. The minimum atomic E-state index is 0.347. The minimum Gasteiger partial charge on any atom is -0.441 e. The van der Waals surface area contributed by atoms with Crippen LogP contribution in [-0.2, 0) is 0 Å². The van der Waals surface area contributed by atoms with Crippen LogP contribution < -0.4 is 0 Å². The molecule has 0 fully saturated rings. The number of pyridine rings is 1. The molecule has 3 aromatic rings. The third-order valence-electron chi connectivity index (χ3n) is 2.28. The van der Waals surface area contributed by atoms with Gasteiger partial charge in [0, 0.05) is 6.20 Å². The third kappa shape index (κ3) is 1.47. The van der Waals surface area contributed by atoms with Crippen LogP contribution in [0.25, 0.3) is 22.7 Å². The van der Waals surface area contributed by atoms with Crippen LogP contribution >= 0.6 is 11.6 Å². The van der Waals surface area contributed by atoms with Crippen molar-refractivity contribution in [2.45, 2.75) is 6.92 Å². The van der Waals surface area contributed by atoms with E-state index in [0.29, 0.717) is 22.5 Å². The van der Waals surface area contributed by atoms with E-state index < -0.39 is 0 Å². The average Bonchev–Trinajstić information content (AvgIpc) is 2.83. The van der Waals surface area contributed by atoms with Crippen molar-refractivity contribution >= 4 is 22.8 Å². The lowest BCUT2D eigenvalue weighted by atomic mass is 10.3. The van der Waals surface area contributed by atoms with Crippen LogP contribution in [0.1, 0.15) is 5.56 Å². The number of rotatable bonds is 1. The van der Waals surface area contributed by atoms with Crippen molar-refractivity contribution < 1.29 is 4.42 Å². The first-order valence-electron chi connectivity index (χ1n) is 4.80. The molecule has 0 bridgehead atoms. The van der Waals surface area contributed by atoms with Crippen molar-refractivity contribution in [2.24, 2.45) is 0 Å². The maximum Gasteiger partial charge on any atom is 0.194 e. The summed E-state index contributed by atoms with van der Waals surface area (Å²) in [5, 5.41) is 0.347. The fraction of sp³-hybridized carbons (Fsp3) is 0.0909. The molecule has 16 heavy (non-hydrogen) atoms. The number of hydrogen-bond acceptors (Lipinski definition) is 3. The number of aryl methyl sites for hydroxylation is 1. The van der Waals surface area contributed by atoms with Crippen molar-refractivity contribution in [2.75, 3.05) is 0 Å². The predicted octanol–water partition coefficient (Wildman–Crippen LogP) is 3.18. The number of H-pyrrole nitrogens is 1. The summed E-state index contributed by atoms with van der Waals surface area (Å²) in [7, 11) is 0. The molecule has 80 valence electrons. The van der Waals surface area contributed by atoms with Crippen LogP contribution in [0.3, 0.4) is 0 Å². The third-order valence-corrected chi connectivity index (χ3v) is 2.48. The molecule has 0 aromatic carbocycles. The van der Waals surface area contributed by atoms with E-state index in [1.54, 1.807) is 18.3 Å². The molecule has 0 saturated carbocycles. The van der Waals surface area contributed by atoms with Gasteiger partial charge in [0.05, 0.1) is 5.52 Å². The standard InChI is InChI=1S/C11H8ClN3O/c1-6-4-7-10(13-5-6)15-11(14-7)8-2-3-9(12)16-8/h2-5H,1H3,(H,13,14,15). The Morgan fingerprint density at radius 3 is 3.00 bits per heavy atom. The van der Waals surface area contributed by atoms with E-state index in [0.717, 1.165) is 11.1 Å². The summed E-state index contributed by atoms with van der Waals surface area (Å²) in [6, 6.07) is 5.44. The lowest BCUT2D eigenvalue weighted by molar-refractivity contribution is 0.580. The van der Waals surface area contributed by atoms with Gasteiger partial charge in [-0.3, -0.25) is 0 Å². The Bertz CT molecular complexity index is 656. The van der Waals surface area contributed by atoms with Gasteiger partial charge in [-0.15, -0.1) is 0 Å². The number of aromatic amines is 1. The molecule has 0 aliphatic rings. The van der Waals surface area contributed by atoms with Crippen LogP contribution in [0.4, 0.5) is 0 Å². The second-order valence-electron chi connectivity index (χ2n) is 3.57. The summed E-state index contributed by atoms with van der Waals surface area (Å²) in [6.07, 6.45) is 1.78. The molecule has 0 saturated heterocycles. The number of hydrogen-bond donors (Lipinski definition) is 1. The van der Waals surface area contributed by atoms with E-state index in [1.807, 2.05) is 13.0 Å². The molecule has 0 unspecified atom stereocenters. The number of aromatic nitrogens is 3. The Hall–Kier alpha value is -1.81. The number of halogens is 1. The Kier molecular flexibility index (Phi) is 1.97. The Morgan fingerprint density at radius 1 is 1.38 bits per heavy atom. The highest BCUT2D eigenvalue weighted by molar-refractivity contribution is 6.28. The van der Waals surface area contributed by atoms with Crippen LogP contribution in [0.2, 0.25) is 5.22 Å². The van der Waals surface area contributed by atoms with Crippen LogP contribution in [0.15, 0.2) is 28.8 Å². The van der Waals surface area contributed by atoms with E-state index in [1.165, 1.54) is 0 Å². The lowest BCUT2D eigenvalue weighted by Crippen LogP contribution is -1.77. The molecule has 1 N–H and O–H groups in total. The molecule has 3 rings (SSSR count). The number of imidazole rings is 1. The molecule has 0 aliphatic carbocycles. The molecule has 0 spiro atoms. The second kappa shape index (κ2) is 3.35. The predicted molar refractivity (Wildman–Crippen MR) is 61.3 cm³/mol. The average molecular weight is 234 g/mol. The summed E-state index contributed by atoms with van der Waals surface area (Å²) in [5.74, 6) is 1.25. The normalized spacial score (nSPS) is 11.1. The van der Waals surface area contributed by atoms with Gasteiger partial charge >= 0.3 is 0 Å². The molecule has 0 atom stereocenters. The maximum atomic E-state index is 5.71. The first kappa shape index (κ1) is 9.42. The highest BCUT2D eigenvalue weighted by Gasteiger charge is 2.09. The van der Waals surface area contributed by atoms with E-state index in [4.69, 9.17) is 16.0 Å². The van der Waals surface area contributed by atoms with Crippen molar-refractivity contribution in [3.05, 3.63) is 35.2 Å². The van der Waals surface area contributed by atoms with E-state index in [-0.39, 0.29) is 0 Å². The fourth-order valence-corrected chi connectivity index (χ4v) is 1.71. The van der Waals surface area contributed by atoms with Crippen molar-refractivity contribution in [1.82, 2.24) is 15.0 Å². The number of nitrogens with zero attached hydrogens (tertiary/aromatic N) is 2. The molecular weight excluding hydrogens is 226 g/mol. The Morgan fingerprint density at radius 2 is 2.25 bits per heavy atom. The zero-order valence-electron chi connectivity index (χ0n) is 8.49. The topological polar surface area (TPSA) is 54.7 Å². The van der Waals surface area contributed by atoms with Gasteiger partial charge in [-0.2, -0.15) is 0 Å². The molecule has 4 nitrogen and oxygen atoms in total. The monoisotopic (exact) mass is 233 g/mol. The van der Waals surface area contributed by atoms with Crippen LogP contribution in [0, 0.1) is 6.92 Å². The van der Waals surface area contributed by atoms with Crippen LogP contribution in [0.5, 0.6) is 0 Å².